The molecule has 0 aliphatic carbocycles. The zero-order valence-electron chi connectivity index (χ0n) is 6.92. The standard InChI is InChI=1S/C9H8F2O2/c1-5(9(12)13)6-2-3-7(10)8(11)4-6/h2-5H,1H3,(H,12,13)/t5-/m1/s1. The monoisotopic (exact) mass is 186 g/mol. The van der Waals surface area contributed by atoms with Crippen LogP contribution in [-0.2, 0) is 4.79 Å². The predicted molar refractivity (Wildman–Crippen MR) is 42.4 cm³/mol. The van der Waals surface area contributed by atoms with Gasteiger partial charge >= 0.3 is 5.97 Å². The van der Waals surface area contributed by atoms with Gasteiger partial charge < -0.3 is 5.11 Å². The predicted octanol–water partition coefficient (Wildman–Crippen LogP) is 2.15. The topological polar surface area (TPSA) is 37.3 Å². The largest absolute Gasteiger partial charge is 0.481 e. The molecule has 4 heteroatoms. The smallest absolute Gasteiger partial charge is 0.310 e. The van der Waals surface area contributed by atoms with E-state index >= 15 is 0 Å². The summed E-state index contributed by atoms with van der Waals surface area (Å²) in [5.74, 6) is -3.88. The van der Waals surface area contributed by atoms with E-state index in [2.05, 4.69) is 0 Å². The first-order valence-corrected chi connectivity index (χ1v) is 3.70. The Labute approximate surface area is 73.8 Å². The van der Waals surface area contributed by atoms with Crippen molar-refractivity contribution in [1.29, 1.82) is 0 Å². The van der Waals surface area contributed by atoms with Gasteiger partial charge in [-0.25, -0.2) is 8.78 Å². The Balaban J connectivity index is 3.03. The van der Waals surface area contributed by atoms with Crippen LogP contribution in [0.4, 0.5) is 8.78 Å². The van der Waals surface area contributed by atoms with E-state index in [4.69, 9.17) is 5.11 Å². The highest BCUT2D eigenvalue weighted by Gasteiger charge is 2.15. The molecule has 1 atom stereocenters. The van der Waals surface area contributed by atoms with Crippen LogP contribution in [0.15, 0.2) is 18.2 Å². The van der Waals surface area contributed by atoms with Crippen LogP contribution in [0.25, 0.3) is 0 Å². The van der Waals surface area contributed by atoms with Gasteiger partial charge in [0, 0.05) is 0 Å². The van der Waals surface area contributed by atoms with Crippen molar-refractivity contribution in [2.24, 2.45) is 0 Å². The van der Waals surface area contributed by atoms with E-state index in [1.807, 2.05) is 0 Å². The maximum atomic E-state index is 12.6. The quantitative estimate of drug-likeness (QED) is 0.768. The van der Waals surface area contributed by atoms with Gasteiger partial charge in [0.25, 0.3) is 0 Å². The third-order valence-electron chi connectivity index (χ3n) is 1.81. The molecule has 0 aromatic heterocycles. The van der Waals surface area contributed by atoms with Gasteiger partial charge in [-0.2, -0.15) is 0 Å². The number of halogens is 2. The lowest BCUT2D eigenvalue weighted by atomic mass is 10.0. The number of rotatable bonds is 2. The van der Waals surface area contributed by atoms with Crippen molar-refractivity contribution >= 4 is 5.97 Å². The summed E-state index contributed by atoms with van der Waals surface area (Å²) in [6.07, 6.45) is 0. The maximum Gasteiger partial charge on any atom is 0.310 e. The number of hydrogen-bond donors (Lipinski definition) is 1. The molecular weight excluding hydrogens is 178 g/mol. The first-order valence-electron chi connectivity index (χ1n) is 3.70. The first-order chi connectivity index (χ1) is 6.02. The SMILES string of the molecule is C[C@@H](C(=O)O)c1ccc(F)c(F)c1. The summed E-state index contributed by atoms with van der Waals surface area (Å²) in [4.78, 5) is 10.5. The number of aliphatic carboxylic acids is 1. The summed E-state index contributed by atoms with van der Waals surface area (Å²) in [6.45, 7) is 1.41. The van der Waals surface area contributed by atoms with Crippen LogP contribution in [0.1, 0.15) is 18.4 Å². The molecule has 1 aromatic carbocycles. The van der Waals surface area contributed by atoms with E-state index in [0.717, 1.165) is 12.1 Å². The second kappa shape index (κ2) is 3.51. The Morgan fingerprint density at radius 3 is 2.46 bits per heavy atom. The Morgan fingerprint density at radius 2 is 2.00 bits per heavy atom. The molecule has 1 rings (SSSR count). The lowest BCUT2D eigenvalue weighted by Crippen LogP contribution is -2.07. The highest BCUT2D eigenvalue weighted by molar-refractivity contribution is 5.75. The van der Waals surface area contributed by atoms with Crippen LogP contribution in [0, 0.1) is 11.6 Å². The highest BCUT2D eigenvalue weighted by atomic mass is 19.2. The molecule has 0 spiro atoms. The van der Waals surface area contributed by atoms with E-state index < -0.39 is 23.5 Å². The molecule has 0 saturated carbocycles. The molecule has 0 aliphatic rings. The molecule has 0 unspecified atom stereocenters. The molecule has 0 amide bonds. The minimum Gasteiger partial charge on any atom is -0.481 e. The van der Waals surface area contributed by atoms with Gasteiger partial charge in [0.1, 0.15) is 0 Å². The fraction of sp³-hybridized carbons (Fsp3) is 0.222. The fourth-order valence-corrected chi connectivity index (χ4v) is 0.924. The summed E-state index contributed by atoms with van der Waals surface area (Å²) in [5.41, 5.74) is 0.256. The number of benzene rings is 1. The van der Waals surface area contributed by atoms with E-state index in [9.17, 15) is 13.6 Å². The van der Waals surface area contributed by atoms with Crippen LogP contribution >= 0.6 is 0 Å². The molecule has 0 bridgehead atoms. The fourth-order valence-electron chi connectivity index (χ4n) is 0.924. The van der Waals surface area contributed by atoms with Gasteiger partial charge in [-0.3, -0.25) is 4.79 Å². The highest BCUT2D eigenvalue weighted by Crippen LogP contribution is 2.17. The van der Waals surface area contributed by atoms with Gasteiger partial charge in [0.2, 0.25) is 0 Å². The van der Waals surface area contributed by atoms with Gasteiger partial charge in [-0.05, 0) is 24.6 Å². The van der Waals surface area contributed by atoms with Crippen LogP contribution in [0.3, 0.4) is 0 Å². The molecule has 2 nitrogen and oxygen atoms in total. The zero-order valence-corrected chi connectivity index (χ0v) is 6.92. The minimum absolute atomic E-state index is 0.256. The van der Waals surface area contributed by atoms with Crippen molar-refractivity contribution in [3.8, 4) is 0 Å². The number of carbonyl (C=O) groups is 1. The van der Waals surface area contributed by atoms with Crippen molar-refractivity contribution in [3.63, 3.8) is 0 Å². The second-order valence-electron chi connectivity index (χ2n) is 2.73. The van der Waals surface area contributed by atoms with Crippen molar-refractivity contribution in [2.45, 2.75) is 12.8 Å². The van der Waals surface area contributed by atoms with Crippen LogP contribution < -0.4 is 0 Å². The summed E-state index contributed by atoms with van der Waals surface area (Å²) < 4.78 is 25.1. The van der Waals surface area contributed by atoms with Gasteiger partial charge in [0.15, 0.2) is 11.6 Å². The first kappa shape index (κ1) is 9.64. The molecule has 1 N–H and O–H groups in total. The lowest BCUT2D eigenvalue weighted by Gasteiger charge is -2.05. The zero-order chi connectivity index (χ0) is 10.0. The van der Waals surface area contributed by atoms with Crippen molar-refractivity contribution in [1.82, 2.24) is 0 Å². The number of carboxylic acids is 1. The third-order valence-corrected chi connectivity index (χ3v) is 1.81. The average Bonchev–Trinajstić information content (AvgIpc) is 2.08. The van der Waals surface area contributed by atoms with Crippen LogP contribution in [0.2, 0.25) is 0 Å². The van der Waals surface area contributed by atoms with Gasteiger partial charge in [-0.1, -0.05) is 6.07 Å². The number of hydrogen-bond acceptors (Lipinski definition) is 1. The number of carboxylic acid groups (broad SMARTS) is 1. The lowest BCUT2D eigenvalue weighted by molar-refractivity contribution is -0.138. The summed E-state index contributed by atoms with van der Waals surface area (Å²) in [6, 6.07) is 3.08. The molecular formula is C9H8F2O2. The van der Waals surface area contributed by atoms with Crippen molar-refractivity contribution in [3.05, 3.63) is 35.4 Å². The van der Waals surface area contributed by atoms with Crippen LogP contribution in [-0.4, -0.2) is 11.1 Å². The Kier molecular flexibility index (Phi) is 2.60. The average molecular weight is 186 g/mol. The summed E-state index contributed by atoms with van der Waals surface area (Å²) in [5, 5.41) is 8.58. The Morgan fingerprint density at radius 1 is 1.38 bits per heavy atom. The summed E-state index contributed by atoms with van der Waals surface area (Å²) in [7, 11) is 0. The molecule has 0 aliphatic heterocycles. The molecule has 1 aromatic rings. The van der Waals surface area contributed by atoms with E-state index in [1.54, 1.807) is 0 Å². The minimum atomic E-state index is -1.06. The molecule has 0 fully saturated rings. The molecule has 70 valence electrons. The van der Waals surface area contributed by atoms with E-state index in [-0.39, 0.29) is 5.56 Å². The van der Waals surface area contributed by atoms with Crippen molar-refractivity contribution < 1.29 is 18.7 Å². The normalized spacial score (nSPS) is 12.5. The van der Waals surface area contributed by atoms with Crippen LogP contribution in [0.5, 0.6) is 0 Å². The molecule has 0 saturated heterocycles. The third kappa shape index (κ3) is 2.02. The maximum absolute atomic E-state index is 12.6. The Hall–Kier alpha value is -1.45. The molecule has 0 radical (unpaired) electrons. The second-order valence-corrected chi connectivity index (χ2v) is 2.73. The van der Waals surface area contributed by atoms with E-state index in [0.29, 0.717) is 0 Å². The van der Waals surface area contributed by atoms with Gasteiger partial charge in [-0.15, -0.1) is 0 Å². The van der Waals surface area contributed by atoms with E-state index in [1.165, 1.54) is 13.0 Å². The molecule has 0 heterocycles. The van der Waals surface area contributed by atoms with Crippen molar-refractivity contribution in [2.75, 3.05) is 0 Å². The Bertz CT molecular complexity index is 336. The molecule has 13 heavy (non-hydrogen) atoms. The summed E-state index contributed by atoms with van der Waals surface area (Å²) >= 11 is 0. The van der Waals surface area contributed by atoms with Gasteiger partial charge in [0.05, 0.1) is 5.92 Å².